The predicted molar refractivity (Wildman–Crippen MR) is 75.2 cm³/mol. The molecule has 4 nitrogen and oxygen atoms in total. The Balaban J connectivity index is 1.50. The van der Waals surface area contributed by atoms with Crippen LogP contribution in [0.3, 0.4) is 0 Å². The molecular weight excluding hydrogens is 238 g/mol. The first-order valence-electron chi connectivity index (χ1n) is 6.86. The van der Waals surface area contributed by atoms with Crippen molar-refractivity contribution in [1.29, 1.82) is 0 Å². The number of nitrogen functional groups attached to an aromatic ring is 1. The van der Waals surface area contributed by atoms with Crippen molar-refractivity contribution >= 4 is 5.82 Å². The van der Waals surface area contributed by atoms with Gasteiger partial charge in [-0.1, -0.05) is 18.2 Å². The molecular formula is C15H19N3O. The highest BCUT2D eigenvalue weighted by Gasteiger charge is 2.19. The highest BCUT2D eigenvalue weighted by molar-refractivity contribution is 5.45. The number of nitrogens with zero attached hydrogens (tertiary/aromatic N) is 2. The molecule has 0 radical (unpaired) electrons. The molecule has 3 rings (SSSR count). The maximum atomic E-state index is 6.11. The van der Waals surface area contributed by atoms with Crippen LogP contribution in [0.4, 0.5) is 5.82 Å². The molecule has 4 heteroatoms. The van der Waals surface area contributed by atoms with Crippen LogP contribution < -0.4 is 10.5 Å². The fourth-order valence-electron chi connectivity index (χ4n) is 2.56. The Morgan fingerprint density at radius 3 is 2.84 bits per heavy atom. The Hall–Kier alpha value is -1.97. The zero-order valence-electron chi connectivity index (χ0n) is 11.0. The lowest BCUT2D eigenvalue weighted by Gasteiger charge is -2.07. The van der Waals surface area contributed by atoms with E-state index in [1.807, 2.05) is 35.0 Å². The van der Waals surface area contributed by atoms with Gasteiger partial charge in [0.1, 0.15) is 11.6 Å². The van der Waals surface area contributed by atoms with Gasteiger partial charge in [-0.05, 0) is 31.4 Å². The van der Waals surface area contributed by atoms with Crippen molar-refractivity contribution in [2.45, 2.75) is 32.2 Å². The van der Waals surface area contributed by atoms with Gasteiger partial charge in [0.15, 0.2) is 0 Å². The van der Waals surface area contributed by atoms with Crippen LogP contribution in [0.1, 0.15) is 24.1 Å². The first-order valence-corrected chi connectivity index (χ1v) is 6.86. The molecule has 1 aliphatic rings. The van der Waals surface area contributed by atoms with Crippen LogP contribution in [0.2, 0.25) is 0 Å². The number of nitrogens with two attached hydrogens (primary N) is 1. The summed E-state index contributed by atoms with van der Waals surface area (Å²) in [5.74, 6) is 1.77. The molecule has 1 aromatic heterocycles. The average Bonchev–Trinajstić information content (AvgIpc) is 3.00. The molecule has 0 saturated carbocycles. The number of ether oxygens (including phenoxy) is 1. The molecule has 0 fully saturated rings. The van der Waals surface area contributed by atoms with E-state index in [0.717, 1.165) is 37.4 Å². The summed E-state index contributed by atoms with van der Waals surface area (Å²) in [6.07, 6.45) is 4.27. The summed E-state index contributed by atoms with van der Waals surface area (Å²) in [5, 5.41) is 4.57. The second-order valence-electron chi connectivity index (χ2n) is 4.90. The minimum absolute atomic E-state index is 0.688. The summed E-state index contributed by atoms with van der Waals surface area (Å²) in [4.78, 5) is 0. The van der Waals surface area contributed by atoms with Crippen LogP contribution in [0.15, 0.2) is 30.3 Å². The van der Waals surface area contributed by atoms with E-state index in [2.05, 4.69) is 5.10 Å². The largest absolute Gasteiger partial charge is 0.494 e. The summed E-state index contributed by atoms with van der Waals surface area (Å²) < 4.78 is 7.59. The van der Waals surface area contributed by atoms with Crippen molar-refractivity contribution in [1.82, 2.24) is 9.78 Å². The topological polar surface area (TPSA) is 53.1 Å². The van der Waals surface area contributed by atoms with Crippen LogP contribution in [0.5, 0.6) is 5.75 Å². The number of hydrogen-bond acceptors (Lipinski definition) is 3. The van der Waals surface area contributed by atoms with Crippen molar-refractivity contribution in [2.75, 3.05) is 12.3 Å². The SMILES string of the molecule is Nc1c2c(nn1CCCOc1ccccc1)CCC2. The van der Waals surface area contributed by atoms with Crippen molar-refractivity contribution in [3.05, 3.63) is 41.6 Å². The maximum absolute atomic E-state index is 6.11. The minimum Gasteiger partial charge on any atom is -0.494 e. The normalized spacial score (nSPS) is 13.5. The van der Waals surface area contributed by atoms with Crippen LogP contribution in [-0.4, -0.2) is 16.4 Å². The molecule has 1 aromatic carbocycles. The van der Waals surface area contributed by atoms with E-state index in [1.54, 1.807) is 0 Å². The van der Waals surface area contributed by atoms with Gasteiger partial charge in [-0.25, -0.2) is 4.68 Å². The summed E-state index contributed by atoms with van der Waals surface area (Å²) >= 11 is 0. The van der Waals surface area contributed by atoms with Crippen LogP contribution in [0.25, 0.3) is 0 Å². The van der Waals surface area contributed by atoms with Gasteiger partial charge in [-0.2, -0.15) is 5.10 Å². The van der Waals surface area contributed by atoms with E-state index >= 15 is 0 Å². The number of aromatic nitrogens is 2. The van der Waals surface area contributed by atoms with E-state index in [1.165, 1.54) is 17.7 Å². The van der Waals surface area contributed by atoms with E-state index in [-0.39, 0.29) is 0 Å². The zero-order valence-corrected chi connectivity index (χ0v) is 11.0. The minimum atomic E-state index is 0.688. The quantitative estimate of drug-likeness (QED) is 0.837. The molecule has 1 heterocycles. The Morgan fingerprint density at radius 2 is 2.05 bits per heavy atom. The molecule has 0 bridgehead atoms. The second kappa shape index (κ2) is 5.34. The average molecular weight is 257 g/mol. The standard InChI is InChI=1S/C15H19N3O/c16-15-13-8-4-9-14(13)17-18(15)10-5-11-19-12-6-2-1-3-7-12/h1-3,6-7H,4-5,8-11,16H2. The van der Waals surface area contributed by atoms with Gasteiger partial charge >= 0.3 is 0 Å². The smallest absolute Gasteiger partial charge is 0.125 e. The molecule has 0 spiro atoms. The summed E-state index contributed by atoms with van der Waals surface area (Å²) in [5.41, 5.74) is 8.57. The lowest BCUT2D eigenvalue weighted by atomic mass is 10.2. The number of aryl methyl sites for hydroxylation is 2. The third-order valence-electron chi connectivity index (χ3n) is 3.54. The first kappa shape index (κ1) is 12.1. The molecule has 0 saturated heterocycles. The number of fused-ring (bicyclic) bond motifs is 1. The monoisotopic (exact) mass is 257 g/mol. The molecule has 0 unspecified atom stereocenters. The Kier molecular flexibility index (Phi) is 3.40. The van der Waals surface area contributed by atoms with Gasteiger partial charge in [0, 0.05) is 18.5 Å². The van der Waals surface area contributed by atoms with E-state index in [4.69, 9.17) is 10.5 Å². The van der Waals surface area contributed by atoms with Gasteiger partial charge in [0.05, 0.1) is 12.3 Å². The van der Waals surface area contributed by atoms with Crippen molar-refractivity contribution < 1.29 is 4.74 Å². The maximum Gasteiger partial charge on any atom is 0.125 e. The second-order valence-corrected chi connectivity index (χ2v) is 4.90. The predicted octanol–water partition coefficient (Wildman–Crippen LogP) is 2.42. The van der Waals surface area contributed by atoms with Crippen molar-refractivity contribution in [3.63, 3.8) is 0 Å². The molecule has 19 heavy (non-hydrogen) atoms. The molecule has 0 aliphatic heterocycles. The van der Waals surface area contributed by atoms with E-state index in [9.17, 15) is 0 Å². The van der Waals surface area contributed by atoms with Crippen molar-refractivity contribution in [3.8, 4) is 5.75 Å². The third-order valence-corrected chi connectivity index (χ3v) is 3.54. The number of hydrogen-bond donors (Lipinski definition) is 1. The molecule has 0 amide bonds. The van der Waals surface area contributed by atoms with Crippen molar-refractivity contribution in [2.24, 2.45) is 0 Å². The van der Waals surface area contributed by atoms with Gasteiger partial charge < -0.3 is 10.5 Å². The van der Waals surface area contributed by atoms with Gasteiger partial charge in [-0.15, -0.1) is 0 Å². The summed E-state index contributed by atoms with van der Waals surface area (Å²) in [7, 11) is 0. The van der Waals surface area contributed by atoms with Crippen LogP contribution >= 0.6 is 0 Å². The lowest BCUT2D eigenvalue weighted by Crippen LogP contribution is -2.09. The van der Waals surface area contributed by atoms with E-state index < -0.39 is 0 Å². The Morgan fingerprint density at radius 1 is 1.21 bits per heavy atom. The lowest BCUT2D eigenvalue weighted by molar-refractivity contribution is 0.299. The zero-order chi connectivity index (χ0) is 13.1. The Bertz CT molecular complexity index is 548. The fraction of sp³-hybridized carbons (Fsp3) is 0.400. The molecule has 100 valence electrons. The molecule has 0 atom stereocenters. The molecule has 2 aromatic rings. The number of rotatable bonds is 5. The summed E-state index contributed by atoms with van der Waals surface area (Å²) in [6.45, 7) is 1.51. The number of anilines is 1. The summed E-state index contributed by atoms with van der Waals surface area (Å²) in [6, 6.07) is 9.88. The molecule has 1 aliphatic carbocycles. The van der Waals surface area contributed by atoms with E-state index in [0.29, 0.717) is 6.61 Å². The third kappa shape index (κ3) is 2.57. The number of para-hydroxylation sites is 1. The fourth-order valence-corrected chi connectivity index (χ4v) is 2.56. The highest BCUT2D eigenvalue weighted by Crippen LogP contribution is 2.26. The van der Waals surface area contributed by atoms with Crippen LogP contribution in [-0.2, 0) is 19.4 Å². The Labute approximate surface area is 113 Å². The molecule has 2 N–H and O–H groups in total. The first-order chi connectivity index (χ1) is 9.34. The van der Waals surface area contributed by atoms with Gasteiger partial charge in [-0.3, -0.25) is 0 Å². The van der Waals surface area contributed by atoms with Gasteiger partial charge in [0.2, 0.25) is 0 Å². The van der Waals surface area contributed by atoms with Gasteiger partial charge in [0.25, 0.3) is 0 Å². The number of benzene rings is 1. The highest BCUT2D eigenvalue weighted by atomic mass is 16.5. The van der Waals surface area contributed by atoms with Crippen LogP contribution in [0, 0.1) is 0 Å².